The predicted molar refractivity (Wildman–Crippen MR) is 119 cm³/mol. The van der Waals surface area contributed by atoms with Crippen molar-refractivity contribution in [1.82, 2.24) is 9.88 Å². The Hall–Kier alpha value is -1.87. The average molecular weight is 466 g/mol. The van der Waals surface area contributed by atoms with Gasteiger partial charge in [-0.05, 0) is 49.4 Å². The molecule has 1 saturated heterocycles. The van der Waals surface area contributed by atoms with Crippen molar-refractivity contribution in [2.45, 2.75) is 13.5 Å². The number of piperazine rings is 1. The maximum absolute atomic E-state index is 6.01. The average Bonchev–Trinajstić information content (AvgIpc) is 2.61. The zero-order chi connectivity index (χ0) is 17.6. The molecule has 1 fully saturated rings. The minimum atomic E-state index is 0. The third kappa shape index (κ3) is 5.84. The van der Waals surface area contributed by atoms with Crippen LogP contribution in [0.2, 0.25) is 0 Å². The van der Waals surface area contributed by atoms with Crippen LogP contribution in [0.5, 0.6) is 0 Å². The van der Waals surface area contributed by atoms with Gasteiger partial charge in [-0.25, -0.2) is 9.98 Å². The molecule has 1 aliphatic heterocycles. The molecule has 3 rings (SSSR count). The molecule has 0 aliphatic carbocycles. The number of nitrogens with one attached hydrogen (secondary N) is 1. The highest BCUT2D eigenvalue weighted by Crippen LogP contribution is 2.15. The summed E-state index contributed by atoms with van der Waals surface area (Å²) in [6.07, 6.45) is 1.85. The van der Waals surface area contributed by atoms with E-state index in [1.165, 1.54) is 5.56 Å². The summed E-state index contributed by atoms with van der Waals surface area (Å²) in [6.45, 7) is 6.73. The van der Waals surface area contributed by atoms with Gasteiger partial charge in [-0.1, -0.05) is 12.1 Å². The van der Waals surface area contributed by atoms with E-state index in [4.69, 9.17) is 5.73 Å². The first kappa shape index (κ1) is 20.4. The van der Waals surface area contributed by atoms with Gasteiger partial charge in [-0.2, -0.15) is 0 Å². The van der Waals surface area contributed by atoms with E-state index < -0.39 is 0 Å². The summed E-state index contributed by atoms with van der Waals surface area (Å²) >= 11 is 0. The minimum Gasteiger partial charge on any atom is -0.370 e. The van der Waals surface area contributed by atoms with Gasteiger partial charge < -0.3 is 20.9 Å². The number of hydrogen-bond acceptors (Lipinski definition) is 4. The number of hydrogen-bond donors (Lipinski definition) is 2. The molecule has 2 heterocycles. The summed E-state index contributed by atoms with van der Waals surface area (Å²) in [4.78, 5) is 13.6. The fourth-order valence-electron chi connectivity index (χ4n) is 2.85. The molecular formula is C19H27IN6. The fraction of sp³-hybridized carbons (Fsp3) is 0.368. The monoisotopic (exact) mass is 466 g/mol. The number of benzene rings is 1. The lowest BCUT2D eigenvalue weighted by Gasteiger charge is -2.33. The Morgan fingerprint density at radius 3 is 2.69 bits per heavy atom. The Morgan fingerprint density at radius 1 is 1.19 bits per heavy atom. The largest absolute Gasteiger partial charge is 0.370 e. The lowest BCUT2D eigenvalue weighted by molar-refractivity contribution is 0.312. The van der Waals surface area contributed by atoms with E-state index in [1.54, 1.807) is 0 Å². The Morgan fingerprint density at radius 2 is 1.96 bits per heavy atom. The van der Waals surface area contributed by atoms with Crippen molar-refractivity contribution < 1.29 is 0 Å². The molecule has 0 atom stereocenters. The number of anilines is 2. The molecule has 0 radical (unpaired) electrons. The molecule has 2 aromatic rings. The zero-order valence-electron chi connectivity index (χ0n) is 15.4. The molecule has 6 nitrogen and oxygen atoms in total. The molecule has 0 amide bonds. The van der Waals surface area contributed by atoms with Gasteiger partial charge in [-0.15, -0.1) is 24.0 Å². The second-order valence-corrected chi connectivity index (χ2v) is 6.51. The Balaban J connectivity index is 0.00000243. The van der Waals surface area contributed by atoms with Gasteiger partial charge in [-0.3, -0.25) is 0 Å². The zero-order valence-corrected chi connectivity index (χ0v) is 17.7. The summed E-state index contributed by atoms with van der Waals surface area (Å²) in [5.74, 6) is 1.44. The van der Waals surface area contributed by atoms with Gasteiger partial charge in [0.1, 0.15) is 5.82 Å². The van der Waals surface area contributed by atoms with Gasteiger partial charge in [0.25, 0.3) is 0 Å². The Labute approximate surface area is 172 Å². The van der Waals surface area contributed by atoms with Gasteiger partial charge >= 0.3 is 0 Å². The van der Waals surface area contributed by atoms with Crippen LogP contribution in [0.25, 0.3) is 0 Å². The predicted octanol–water partition coefficient (Wildman–Crippen LogP) is 2.69. The summed E-state index contributed by atoms with van der Waals surface area (Å²) in [5, 5.41) is 3.13. The van der Waals surface area contributed by atoms with E-state index in [0.717, 1.165) is 43.2 Å². The molecule has 140 valence electrons. The second kappa shape index (κ2) is 9.72. The van der Waals surface area contributed by atoms with Crippen LogP contribution in [0.4, 0.5) is 11.5 Å². The number of rotatable bonds is 4. The summed E-state index contributed by atoms with van der Waals surface area (Å²) in [6, 6.07) is 12.2. The molecule has 0 unspecified atom stereocenters. The fourth-order valence-corrected chi connectivity index (χ4v) is 2.85. The maximum Gasteiger partial charge on any atom is 0.193 e. The molecular weight excluding hydrogens is 439 g/mol. The molecule has 1 aromatic carbocycles. The van der Waals surface area contributed by atoms with Gasteiger partial charge in [0, 0.05) is 38.1 Å². The summed E-state index contributed by atoms with van der Waals surface area (Å²) < 4.78 is 0. The number of aliphatic imine (C=N–C) groups is 1. The number of aryl methyl sites for hydroxylation is 1. The lowest BCUT2D eigenvalue weighted by Crippen LogP contribution is -2.44. The molecule has 26 heavy (non-hydrogen) atoms. The number of guanidine groups is 1. The molecule has 0 spiro atoms. The molecule has 0 bridgehead atoms. The molecule has 1 aliphatic rings. The Kier molecular flexibility index (Phi) is 7.65. The van der Waals surface area contributed by atoms with Crippen LogP contribution in [0.1, 0.15) is 11.1 Å². The second-order valence-electron chi connectivity index (χ2n) is 6.51. The molecule has 7 heteroatoms. The third-order valence-corrected chi connectivity index (χ3v) is 4.36. The number of nitrogens with two attached hydrogens (primary N) is 1. The number of nitrogens with zero attached hydrogens (tertiary/aromatic N) is 4. The van der Waals surface area contributed by atoms with E-state index in [-0.39, 0.29) is 24.0 Å². The summed E-state index contributed by atoms with van der Waals surface area (Å²) in [5.41, 5.74) is 9.25. The van der Waals surface area contributed by atoms with Crippen LogP contribution >= 0.6 is 24.0 Å². The van der Waals surface area contributed by atoms with Crippen LogP contribution in [-0.4, -0.2) is 49.1 Å². The van der Waals surface area contributed by atoms with Crippen LogP contribution in [-0.2, 0) is 6.54 Å². The van der Waals surface area contributed by atoms with Crippen molar-refractivity contribution >= 4 is 41.4 Å². The quantitative estimate of drug-likeness (QED) is 0.412. The number of likely N-dealkylation sites (N-methyl/N-ethyl adjacent to an activating group) is 1. The highest BCUT2D eigenvalue weighted by molar-refractivity contribution is 14.0. The van der Waals surface area contributed by atoms with Gasteiger partial charge in [0.15, 0.2) is 5.96 Å². The normalized spacial score (nSPS) is 15.5. The first-order valence-electron chi connectivity index (χ1n) is 8.62. The van der Waals surface area contributed by atoms with Crippen LogP contribution in [0.3, 0.4) is 0 Å². The number of pyridine rings is 1. The van der Waals surface area contributed by atoms with Crippen molar-refractivity contribution in [1.29, 1.82) is 0 Å². The van der Waals surface area contributed by atoms with Crippen molar-refractivity contribution in [3.8, 4) is 0 Å². The lowest BCUT2D eigenvalue weighted by atomic mass is 10.2. The molecule has 0 saturated carbocycles. The molecule has 1 aromatic heterocycles. The minimum absolute atomic E-state index is 0. The first-order chi connectivity index (χ1) is 12.1. The van der Waals surface area contributed by atoms with Gasteiger partial charge in [0.2, 0.25) is 0 Å². The van der Waals surface area contributed by atoms with Crippen molar-refractivity contribution in [3.05, 3.63) is 53.7 Å². The smallest absolute Gasteiger partial charge is 0.193 e. The highest BCUT2D eigenvalue weighted by Gasteiger charge is 2.15. The topological polar surface area (TPSA) is 69.8 Å². The third-order valence-electron chi connectivity index (χ3n) is 4.36. The van der Waals surface area contributed by atoms with E-state index in [0.29, 0.717) is 12.5 Å². The SMILES string of the molecule is Cc1cccc(NC(N)=NCc2ccnc(N3CCN(C)CC3)c2)c1.I. The summed E-state index contributed by atoms with van der Waals surface area (Å²) in [7, 11) is 2.15. The standard InChI is InChI=1S/C19H26N6.HI/c1-15-4-3-5-17(12-15)23-19(20)22-14-16-6-7-21-18(13-16)25-10-8-24(2)9-11-25;/h3-7,12-13H,8-11,14H2,1-2H3,(H3,20,22,23);1H. The Bertz CT molecular complexity index is 740. The van der Waals surface area contributed by atoms with Crippen molar-refractivity contribution in [3.63, 3.8) is 0 Å². The van der Waals surface area contributed by atoms with E-state index in [9.17, 15) is 0 Å². The van der Waals surface area contributed by atoms with E-state index in [2.05, 4.69) is 51.2 Å². The molecule has 3 N–H and O–H groups in total. The number of aromatic nitrogens is 1. The van der Waals surface area contributed by atoms with Gasteiger partial charge in [0.05, 0.1) is 6.54 Å². The van der Waals surface area contributed by atoms with Crippen LogP contribution in [0, 0.1) is 6.92 Å². The van der Waals surface area contributed by atoms with E-state index in [1.807, 2.05) is 30.5 Å². The van der Waals surface area contributed by atoms with Crippen LogP contribution in [0.15, 0.2) is 47.6 Å². The van der Waals surface area contributed by atoms with Crippen molar-refractivity contribution in [2.24, 2.45) is 10.7 Å². The number of halogens is 1. The maximum atomic E-state index is 6.01. The first-order valence-corrected chi connectivity index (χ1v) is 8.62. The van der Waals surface area contributed by atoms with Crippen molar-refractivity contribution in [2.75, 3.05) is 43.4 Å². The van der Waals surface area contributed by atoms with Crippen LogP contribution < -0.4 is 16.0 Å². The highest BCUT2D eigenvalue weighted by atomic mass is 127. The van der Waals surface area contributed by atoms with E-state index >= 15 is 0 Å².